The zero-order valence-corrected chi connectivity index (χ0v) is 26.5. The number of anilines is 1. The number of rotatable bonds is 10. The molecule has 39 heavy (non-hydrogen) atoms. The van der Waals surface area contributed by atoms with Gasteiger partial charge in [0.25, 0.3) is 0 Å². The Morgan fingerprint density at radius 1 is 1.33 bits per heavy atom. The first-order valence-electron chi connectivity index (χ1n) is 12.7. The average Bonchev–Trinajstić information content (AvgIpc) is 3.31. The van der Waals surface area contributed by atoms with Gasteiger partial charge in [0.2, 0.25) is 0 Å². The molecular formula is C23H40ClN6O7PSi. The largest absolute Gasteiger partial charge is 0.462 e. The Bertz CT molecular complexity index is 1240. The van der Waals surface area contributed by atoms with Crippen molar-refractivity contribution in [3.8, 4) is 0 Å². The van der Waals surface area contributed by atoms with Gasteiger partial charge in [-0.25, -0.2) is 20.0 Å². The summed E-state index contributed by atoms with van der Waals surface area (Å²) in [7, 11) is -2.47. The highest BCUT2D eigenvalue weighted by molar-refractivity contribution is 7.83. The molecule has 0 amide bonds. The van der Waals surface area contributed by atoms with E-state index in [0.717, 1.165) is 0 Å². The Morgan fingerprint density at radius 2 is 1.97 bits per heavy atom. The Labute approximate surface area is 234 Å². The van der Waals surface area contributed by atoms with Gasteiger partial charge in [0.1, 0.15) is 35.7 Å². The van der Waals surface area contributed by atoms with E-state index in [0.29, 0.717) is 11.2 Å². The third-order valence-electron chi connectivity index (χ3n) is 7.11. The first-order valence-corrected chi connectivity index (χ1v) is 18.1. The van der Waals surface area contributed by atoms with E-state index in [4.69, 9.17) is 35.4 Å². The highest BCUT2D eigenvalue weighted by atomic mass is 35.7. The second-order valence-electron chi connectivity index (χ2n) is 11.7. The zero-order valence-electron chi connectivity index (χ0n) is 23.8. The van der Waals surface area contributed by atoms with Gasteiger partial charge in [0.05, 0.1) is 19.0 Å². The summed E-state index contributed by atoms with van der Waals surface area (Å²) in [6, 6.07) is -0.993. The van der Waals surface area contributed by atoms with E-state index in [1.54, 1.807) is 25.3 Å². The molecule has 0 saturated carbocycles. The lowest BCUT2D eigenvalue weighted by atomic mass is 9.96. The van der Waals surface area contributed by atoms with Crippen LogP contribution in [0.3, 0.4) is 0 Å². The molecule has 0 bridgehead atoms. The van der Waals surface area contributed by atoms with Crippen LogP contribution in [0.4, 0.5) is 5.82 Å². The topological polar surface area (TPSA) is 173 Å². The van der Waals surface area contributed by atoms with Gasteiger partial charge in [0, 0.05) is 0 Å². The molecule has 4 N–H and O–H groups in total. The van der Waals surface area contributed by atoms with E-state index in [9.17, 15) is 14.5 Å². The smallest absolute Gasteiger partial charge is 0.361 e. The van der Waals surface area contributed by atoms with Gasteiger partial charge in [0.15, 0.2) is 26.0 Å². The fraction of sp³-hybridized carbons (Fsp3) is 0.739. The molecule has 1 aliphatic rings. The molecule has 6 atom stereocenters. The monoisotopic (exact) mass is 606 g/mol. The van der Waals surface area contributed by atoms with Crippen LogP contribution in [0.25, 0.3) is 11.2 Å². The summed E-state index contributed by atoms with van der Waals surface area (Å²) in [6.07, 6.45) is -0.678. The number of hydrogen-bond acceptors (Lipinski definition) is 11. The normalized spacial score (nSPS) is 26.6. The number of fused-ring (bicyclic) bond motifs is 1. The molecule has 0 spiro atoms. The van der Waals surface area contributed by atoms with E-state index in [-0.39, 0.29) is 23.6 Å². The number of halogens is 1. The summed E-state index contributed by atoms with van der Waals surface area (Å²) >= 11 is 6.11. The minimum Gasteiger partial charge on any atom is -0.462 e. The second-order valence-corrected chi connectivity index (χ2v) is 19.2. The molecule has 3 heterocycles. The molecule has 1 fully saturated rings. The van der Waals surface area contributed by atoms with Crippen LogP contribution < -0.4 is 10.8 Å². The van der Waals surface area contributed by atoms with Gasteiger partial charge in [-0.1, -0.05) is 20.8 Å². The summed E-state index contributed by atoms with van der Waals surface area (Å²) in [5.41, 5.74) is 5.47. The lowest BCUT2D eigenvalue weighted by Gasteiger charge is -2.45. The van der Waals surface area contributed by atoms with Crippen molar-refractivity contribution in [2.75, 3.05) is 12.3 Å². The number of aliphatic hydroxyl groups excluding tert-OH is 1. The third kappa shape index (κ3) is 6.81. The number of ether oxygens (including phenoxy) is 2. The van der Waals surface area contributed by atoms with Crippen molar-refractivity contribution in [2.45, 2.75) is 103 Å². The number of hydrogen-bond donors (Lipinski definition) is 3. The SMILES string of the molecule is CC(C)OC(=O)C(C)NP(=O)(Cl)OC[C@H]1O[C@@H](n2cnc3c(N)ncnc32)[C@@](C)(O[Si](C)(C)C(C)(C)C)C1O. The number of carbonyl (C=O) groups is 1. The summed E-state index contributed by atoms with van der Waals surface area (Å²) in [6.45, 7) is 12.6. The Morgan fingerprint density at radius 3 is 2.56 bits per heavy atom. The summed E-state index contributed by atoms with van der Waals surface area (Å²) in [5, 5.41) is 13.9. The lowest BCUT2D eigenvalue weighted by Crippen LogP contribution is -2.56. The van der Waals surface area contributed by atoms with Gasteiger partial charge in [-0.2, -0.15) is 0 Å². The molecular weight excluding hydrogens is 567 g/mol. The van der Waals surface area contributed by atoms with Crippen LogP contribution in [-0.4, -0.2) is 75.5 Å². The molecule has 3 unspecified atom stereocenters. The van der Waals surface area contributed by atoms with Crippen LogP contribution in [0.15, 0.2) is 12.7 Å². The Kier molecular flexibility index (Phi) is 9.26. The van der Waals surface area contributed by atoms with E-state index in [1.165, 1.54) is 19.6 Å². The molecule has 0 radical (unpaired) electrons. The van der Waals surface area contributed by atoms with Crippen molar-refractivity contribution in [3.63, 3.8) is 0 Å². The summed E-state index contributed by atoms with van der Waals surface area (Å²) in [4.78, 5) is 24.8. The van der Waals surface area contributed by atoms with Gasteiger partial charge < -0.3 is 29.3 Å². The fourth-order valence-electron chi connectivity index (χ4n) is 4.04. The fourth-order valence-corrected chi connectivity index (χ4v) is 7.26. The molecule has 0 aromatic carbocycles. The maximum Gasteiger partial charge on any atom is 0.361 e. The van der Waals surface area contributed by atoms with Gasteiger partial charge >= 0.3 is 12.8 Å². The predicted octanol–water partition coefficient (Wildman–Crippen LogP) is 3.74. The molecule has 13 nitrogen and oxygen atoms in total. The van der Waals surface area contributed by atoms with E-state index >= 15 is 0 Å². The van der Waals surface area contributed by atoms with Gasteiger partial charge in [-0.15, -0.1) is 0 Å². The molecule has 1 aliphatic heterocycles. The minimum atomic E-state index is -4.02. The van der Waals surface area contributed by atoms with Crippen LogP contribution in [-0.2, 0) is 27.8 Å². The number of nitrogens with zero attached hydrogens (tertiary/aromatic N) is 4. The number of carbonyl (C=O) groups excluding carboxylic acids is 1. The highest BCUT2D eigenvalue weighted by Gasteiger charge is 2.59. The predicted molar refractivity (Wildman–Crippen MR) is 150 cm³/mol. The third-order valence-corrected chi connectivity index (χ3v) is 13.4. The number of nitrogens with one attached hydrogen (secondary N) is 1. The first kappa shape index (κ1) is 31.9. The number of esters is 1. The number of imidazole rings is 1. The summed E-state index contributed by atoms with van der Waals surface area (Å²) in [5.74, 6) is -0.432. The summed E-state index contributed by atoms with van der Waals surface area (Å²) < 4.78 is 38.2. The van der Waals surface area contributed by atoms with Crippen molar-refractivity contribution in [2.24, 2.45) is 0 Å². The molecule has 220 valence electrons. The molecule has 2 aromatic rings. The minimum absolute atomic E-state index is 0.186. The van der Waals surface area contributed by atoms with Crippen LogP contribution in [0, 0.1) is 0 Å². The Hall–Kier alpha value is -1.64. The Balaban J connectivity index is 1.89. The van der Waals surface area contributed by atoms with E-state index in [1.807, 2.05) is 0 Å². The number of aliphatic hydroxyl groups is 1. The van der Waals surface area contributed by atoms with Crippen molar-refractivity contribution < 1.29 is 32.9 Å². The van der Waals surface area contributed by atoms with E-state index < -0.39 is 51.2 Å². The maximum absolute atomic E-state index is 12.9. The van der Waals surface area contributed by atoms with Crippen molar-refractivity contribution in [3.05, 3.63) is 12.7 Å². The van der Waals surface area contributed by atoms with Crippen molar-refractivity contribution in [1.82, 2.24) is 24.6 Å². The number of aromatic nitrogens is 4. The lowest BCUT2D eigenvalue weighted by molar-refractivity contribution is -0.149. The van der Waals surface area contributed by atoms with Crippen LogP contribution in [0.2, 0.25) is 18.1 Å². The van der Waals surface area contributed by atoms with E-state index in [2.05, 4.69) is 53.9 Å². The van der Waals surface area contributed by atoms with Crippen molar-refractivity contribution in [1.29, 1.82) is 0 Å². The van der Waals surface area contributed by atoms with Crippen LogP contribution >= 0.6 is 18.1 Å². The van der Waals surface area contributed by atoms with Crippen LogP contribution in [0.5, 0.6) is 0 Å². The van der Waals surface area contributed by atoms with Crippen LogP contribution in [0.1, 0.15) is 54.7 Å². The average molecular weight is 607 g/mol. The molecule has 0 aliphatic carbocycles. The second kappa shape index (κ2) is 11.3. The first-order chi connectivity index (χ1) is 17.8. The highest BCUT2D eigenvalue weighted by Crippen LogP contribution is 2.52. The molecule has 3 rings (SSSR count). The maximum atomic E-state index is 12.9. The number of nitrogens with two attached hydrogens (primary N) is 1. The quantitative estimate of drug-likeness (QED) is 0.203. The van der Waals surface area contributed by atoms with Gasteiger partial charge in [-0.3, -0.25) is 13.9 Å². The van der Waals surface area contributed by atoms with Gasteiger partial charge in [-0.05, 0) is 57.1 Å². The van der Waals surface area contributed by atoms with Crippen molar-refractivity contribution >= 4 is 49.4 Å². The molecule has 1 saturated heterocycles. The standard InChI is InChI=1S/C23H40ClN6O7PSi/c1-13(2)35-20(32)14(3)29-38(24,33)34-10-15-17(31)23(7,37-39(8,9)22(4,5)6)21(36-15)30-12-28-16-18(25)26-11-27-19(16)30/h11-15,17,21,31H,10H2,1-9H3,(H,29,33)(H2,25,26,27)/t14?,15-,17?,21-,23+,38?/m1/s1. The number of nitrogen functional groups attached to an aromatic ring is 1. The zero-order chi connectivity index (χ0) is 29.6. The molecule has 2 aromatic heterocycles. The molecule has 16 heteroatoms.